The van der Waals surface area contributed by atoms with Gasteiger partial charge >= 0.3 is 0 Å². The molecule has 0 aliphatic carbocycles. The zero-order valence-corrected chi connectivity index (χ0v) is 9.82. The summed E-state index contributed by atoms with van der Waals surface area (Å²) in [4.78, 5) is 0. The summed E-state index contributed by atoms with van der Waals surface area (Å²) in [5.41, 5.74) is 7.26. The summed E-state index contributed by atoms with van der Waals surface area (Å²) >= 11 is 7.40. The molecule has 0 bridgehead atoms. The van der Waals surface area contributed by atoms with E-state index in [1.165, 1.54) is 0 Å². The van der Waals surface area contributed by atoms with E-state index >= 15 is 0 Å². The fourth-order valence-corrected chi connectivity index (χ4v) is 2.15. The standard InChI is InChI=1S/C10H16ClNS/c1-6(2)7(3)10(12)8-4-9(11)13-5-8/h4-7,10H,12H2,1-3H3. The monoisotopic (exact) mass is 217 g/mol. The molecule has 2 N–H and O–H groups in total. The minimum absolute atomic E-state index is 0.115. The molecule has 0 saturated carbocycles. The van der Waals surface area contributed by atoms with Crippen molar-refractivity contribution in [3.05, 3.63) is 21.3 Å². The molecule has 0 spiro atoms. The topological polar surface area (TPSA) is 26.0 Å². The second-order valence-corrected chi connectivity index (χ2v) is 5.36. The number of nitrogens with two attached hydrogens (primary N) is 1. The van der Waals surface area contributed by atoms with Crippen LogP contribution in [0.4, 0.5) is 0 Å². The third-order valence-corrected chi connectivity index (χ3v) is 3.70. The summed E-state index contributed by atoms with van der Waals surface area (Å²) in [5.74, 6) is 1.10. The number of halogens is 1. The zero-order valence-electron chi connectivity index (χ0n) is 8.25. The summed E-state index contributed by atoms with van der Waals surface area (Å²) in [6, 6.07) is 2.08. The molecule has 0 fully saturated rings. The smallest absolute Gasteiger partial charge is 0.0931 e. The van der Waals surface area contributed by atoms with Crippen LogP contribution in [0.15, 0.2) is 11.4 Å². The van der Waals surface area contributed by atoms with Crippen LogP contribution in [0.1, 0.15) is 32.4 Å². The highest BCUT2D eigenvalue weighted by atomic mass is 35.5. The van der Waals surface area contributed by atoms with Gasteiger partial charge in [0.25, 0.3) is 0 Å². The molecule has 74 valence electrons. The average molecular weight is 218 g/mol. The molecule has 0 aliphatic rings. The summed E-state index contributed by atoms with van der Waals surface area (Å²) in [5, 5.41) is 2.05. The van der Waals surface area contributed by atoms with Gasteiger partial charge in [0.05, 0.1) is 4.34 Å². The van der Waals surface area contributed by atoms with Crippen molar-refractivity contribution in [3.63, 3.8) is 0 Å². The van der Waals surface area contributed by atoms with E-state index in [0.29, 0.717) is 11.8 Å². The van der Waals surface area contributed by atoms with Gasteiger partial charge in [0.2, 0.25) is 0 Å². The second-order valence-electron chi connectivity index (χ2n) is 3.81. The Morgan fingerprint density at radius 3 is 2.38 bits per heavy atom. The van der Waals surface area contributed by atoms with Crippen molar-refractivity contribution in [2.24, 2.45) is 17.6 Å². The predicted octanol–water partition coefficient (Wildman–Crippen LogP) is 3.69. The first-order valence-corrected chi connectivity index (χ1v) is 5.77. The highest BCUT2D eigenvalue weighted by Crippen LogP contribution is 2.30. The Kier molecular flexibility index (Phi) is 3.77. The van der Waals surface area contributed by atoms with Gasteiger partial charge in [-0.05, 0) is 28.8 Å². The number of thiophene rings is 1. The molecule has 1 rings (SSSR count). The van der Waals surface area contributed by atoms with Gasteiger partial charge in [-0.1, -0.05) is 32.4 Å². The van der Waals surface area contributed by atoms with Crippen LogP contribution in [0.5, 0.6) is 0 Å². The van der Waals surface area contributed by atoms with Crippen LogP contribution in [0, 0.1) is 11.8 Å². The fraction of sp³-hybridized carbons (Fsp3) is 0.600. The normalized spacial score (nSPS) is 16.2. The quantitative estimate of drug-likeness (QED) is 0.821. The number of rotatable bonds is 3. The maximum absolute atomic E-state index is 6.10. The molecule has 13 heavy (non-hydrogen) atoms. The first-order valence-electron chi connectivity index (χ1n) is 4.52. The Morgan fingerprint density at radius 2 is 2.00 bits per heavy atom. The third-order valence-electron chi connectivity index (χ3n) is 2.59. The van der Waals surface area contributed by atoms with Crippen LogP contribution in [0.2, 0.25) is 4.34 Å². The van der Waals surface area contributed by atoms with Gasteiger partial charge in [-0.15, -0.1) is 11.3 Å². The van der Waals surface area contributed by atoms with Crippen LogP contribution < -0.4 is 5.73 Å². The predicted molar refractivity (Wildman–Crippen MR) is 60.3 cm³/mol. The molecular formula is C10H16ClNS. The highest BCUT2D eigenvalue weighted by molar-refractivity contribution is 7.14. The van der Waals surface area contributed by atoms with Crippen molar-refractivity contribution in [1.82, 2.24) is 0 Å². The van der Waals surface area contributed by atoms with E-state index in [-0.39, 0.29) is 6.04 Å². The van der Waals surface area contributed by atoms with E-state index in [9.17, 15) is 0 Å². The van der Waals surface area contributed by atoms with Gasteiger partial charge in [0.1, 0.15) is 0 Å². The molecule has 1 aromatic heterocycles. The molecule has 1 aromatic rings. The molecule has 3 heteroatoms. The number of hydrogen-bond acceptors (Lipinski definition) is 2. The summed E-state index contributed by atoms with van der Waals surface area (Å²) in [6.45, 7) is 6.57. The van der Waals surface area contributed by atoms with E-state index in [4.69, 9.17) is 17.3 Å². The largest absolute Gasteiger partial charge is 0.324 e. The van der Waals surface area contributed by atoms with Gasteiger partial charge in [-0.25, -0.2) is 0 Å². The maximum Gasteiger partial charge on any atom is 0.0931 e. The highest BCUT2D eigenvalue weighted by Gasteiger charge is 2.18. The van der Waals surface area contributed by atoms with E-state index in [1.807, 2.05) is 11.4 Å². The van der Waals surface area contributed by atoms with E-state index in [0.717, 1.165) is 9.90 Å². The Labute approximate surface area is 88.9 Å². The van der Waals surface area contributed by atoms with Gasteiger partial charge in [-0.3, -0.25) is 0 Å². The van der Waals surface area contributed by atoms with Crippen molar-refractivity contribution in [2.75, 3.05) is 0 Å². The van der Waals surface area contributed by atoms with Crippen LogP contribution in [0.3, 0.4) is 0 Å². The van der Waals surface area contributed by atoms with Gasteiger partial charge in [0.15, 0.2) is 0 Å². The molecule has 0 radical (unpaired) electrons. The molecule has 0 saturated heterocycles. The summed E-state index contributed by atoms with van der Waals surface area (Å²) in [7, 11) is 0. The van der Waals surface area contributed by atoms with Crippen molar-refractivity contribution >= 4 is 22.9 Å². The number of hydrogen-bond donors (Lipinski definition) is 1. The molecule has 0 aromatic carbocycles. The Hall–Kier alpha value is -0.0500. The maximum atomic E-state index is 6.10. The van der Waals surface area contributed by atoms with Gasteiger partial charge in [0, 0.05) is 6.04 Å². The SMILES string of the molecule is CC(C)C(C)C(N)c1csc(Cl)c1. The molecule has 0 aliphatic heterocycles. The molecule has 1 heterocycles. The molecule has 1 nitrogen and oxygen atoms in total. The van der Waals surface area contributed by atoms with Crippen molar-refractivity contribution in [3.8, 4) is 0 Å². The molecule has 2 unspecified atom stereocenters. The summed E-state index contributed by atoms with van der Waals surface area (Å²) in [6.07, 6.45) is 0. The second kappa shape index (κ2) is 4.45. The molecular weight excluding hydrogens is 202 g/mol. The lowest BCUT2D eigenvalue weighted by atomic mass is 9.88. The van der Waals surface area contributed by atoms with Crippen LogP contribution in [-0.4, -0.2) is 0 Å². The Morgan fingerprint density at radius 1 is 1.38 bits per heavy atom. The first kappa shape index (κ1) is 11.0. The van der Waals surface area contributed by atoms with Crippen LogP contribution in [0.25, 0.3) is 0 Å². The third kappa shape index (κ3) is 2.70. The molecule has 2 atom stereocenters. The van der Waals surface area contributed by atoms with E-state index in [1.54, 1.807) is 11.3 Å². The van der Waals surface area contributed by atoms with Crippen molar-refractivity contribution in [2.45, 2.75) is 26.8 Å². The minimum atomic E-state index is 0.115. The lowest BCUT2D eigenvalue weighted by molar-refractivity contribution is 0.353. The average Bonchev–Trinajstić information content (AvgIpc) is 2.49. The van der Waals surface area contributed by atoms with Crippen molar-refractivity contribution < 1.29 is 0 Å². The van der Waals surface area contributed by atoms with E-state index < -0.39 is 0 Å². The fourth-order valence-electron chi connectivity index (χ4n) is 1.22. The molecule has 0 amide bonds. The van der Waals surface area contributed by atoms with E-state index in [2.05, 4.69) is 20.8 Å². The Balaban J connectivity index is 2.73. The summed E-state index contributed by atoms with van der Waals surface area (Å²) < 4.78 is 0.821. The van der Waals surface area contributed by atoms with Crippen molar-refractivity contribution in [1.29, 1.82) is 0 Å². The lowest BCUT2D eigenvalue weighted by Gasteiger charge is -2.22. The van der Waals surface area contributed by atoms with Crippen LogP contribution >= 0.6 is 22.9 Å². The first-order chi connectivity index (χ1) is 6.02. The minimum Gasteiger partial charge on any atom is -0.324 e. The van der Waals surface area contributed by atoms with Gasteiger partial charge < -0.3 is 5.73 Å². The zero-order chi connectivity index (χ0) is 10.0. The van der Waals surface area contributed by atoms with Crippen LogP contribution in [-0.2, 0) is 0 Å². The lowest BCUT2D eigenvalue weighted by Crippen LogP contribution is -2.22. The van der Waals surface area contributed by atoms with Gasteiger partial charge in [-0.2, -0.15) is 0 Å². The Bertz CT molecular complexity index is 270.